The zero-order valence-electron chi connectivity index (χ0n) is 11.9. The maximum Gasteiger partial charge on any atom is 0.516 e. The lowest BCUT2D eigenvalue weighted by Gasteiger charge is -2.29. The third-order valence-electron chi connectivity index (χ3n) is 2.97. The van der Waals surface area contributed by atoms with Crippen LogP contribution in [0.3, 0.4) is 0 Å². The van der Waals surface area contributed by atoms with Crippen molar-refractivity contribution in [3.8, 4) is 0 Å². The molecule has 0 aromatic carbocycles. The van der Waals surface area contributed by atoms with E-state index < -0.39 is 17.7 Å². The molecular formula is C14H23NO4. The summed E-state index contributed by atoms with van der Waals surface area (Å²) in [6, 6.07) is 0. The Morgan fingerprint density at radius 1 is 1.42 bits per heavy atom. The summed E-state index contributed by atoms with van der Waals surface area (Å²) in [6.07, 6.45) is 2.49. The Morgan fingerprint density at radius 2 is 2.11 bits per heavy atom. The molecule has 1 aliphatic heterocycles. The highest BCUT2D eigenvalue weighted by Gasteiger charge is 2.33. The molecule has 2 atom stereocenters. The Labute approximate surface area is 114 Å². The number of rotatable bonds is 3. The number of ether oxygens (including phenoxy) is 2. The van der Waals surface area contributed by atoms with Gasteiger partial charge in [0.15, 0.2) is 0 Å². The van der Waals surface area contributed by atoms with E-state index in [2.05, 4.69) is 11.9 Å². The molecule has 0 saturated carbocycles. The molecule has 0 radical (unpaired) electrons. The van der Waals surface area contributed by atoms with Gasteiger partial charge in [-0.25, -0.2) is 4.79 Å². The summed E-state index contributed by atoms with van der Waals surface area (Å²) in [5.74, 6) is -0.666. The van der Waals surface area contributed by atoms with E-state index >= 15 is 0 Å². The van der Waals surface area contributed by atoms with Crippen LogP contribution in [0.25, 0.3) is 0 Å². The van der Waals surface area contributed by atoms with Crippen molar-refractivity contribution in [1.29, 1.82) is 0 Å². The van der Waals surface area contributed by atoms with Crippen LogP contribution < -0.4 is 5.32 Å². The number of hydrogen-bond donors (Lipinski definition) is 1. The maximum atomic E-state index is 12.0. The Bertz CT molecular complexity index is 346. The lowest BCUT2D eigenvalue weighted by molar-refractivity contribution is -0.148. The molecule has 1 saturated heterocycles. The molecule has 0 aliphatic carbocycles. The molecule has 1 rings (SSSR count). The van der Waals surface area contributed by atoms with Crippen molar-refractivity contribution in [2.75, 3.05) is 13.1 Å². The van der Waals surface area contributed by atoms with E-state index in [0.29, 0.717) is 6.54 Å². The predicted octanol–water partition coefficient (Wildman–Crippen LogP) is 2.27. The minimum atomic E-state index is -0.930. The molecule has 1 aliphatic rings. The van der Waals surface area contributed by atoms with Crippen LogP contribution in [0.15, 0.2) is 12.7 Å². The first-order valence-electron chi connectivity index (χ1n) is 6.60. The van der Waals surface area contributed by atoms with Gasteiger partial charge < -0.3 is 14.8 Å². The standard InChI is InChI=1S/C14H23NO4/c1-5-6-10-7-8-15-9-11(10)12(16)18-13(17)19-14(2,3)4/h5,10-11,15H,1,6-9H2,2-4H3. The normalized spacial score (nSPS) is 23.5. The van der Waals surface area contributed by atoms with Crippen LogP contribution in [0.1, 0.15) is 33.6 Å². The minimum Gasteiger partial charge on any atom is -0.428 e. The van der Waals surface area contributed by atoms with Gasteiger partial charge in [-0.3, -0.25) is 4.79 Å². The monoisotopic (exact) mass is 269 g/mol. The average Bonchev–Trinajstić information content (AvgIpc) is 2.27. The summed E-state index contributed by atoms with van der Waals surface area (Å²) < 4.78 is 9.74. The number of hydrogen-bond acceptors (Lipinski definition) is 5. The molecule has 5 heteroatoms. The lowest BCUT2D eigenvalue weighted by atomic mass is 9.84. The van der Waals surface area contributed by atoms with Gasteiger partial charge in [0, 0.05) is 6.54 Å². The van der Waals surface area contributed by atoms with Gasteiger partial charge in [-0.1, -0.05) is 6.08 Å². The van der Waals surface area contributed by atoms with Crippen LogP contribution in [0.5, 0.6) is 0 Å². The highest BCUT2D eigenvalue weighted by molar-refractivity contribution is 5.84. The number of allylic oxidation sites excluding steroid dienone is 1. The van der Waals surface area contributed by atoms with E-state index in [-0.39, 0.29) is 11.8 Å². The van der Waals surface area contributed by atoms with Gasteiger partial charge in [0.25, 0.3) is 0 Å². The Morgan fingerprint density at radius 3 is 2.68 bits per heavy atom. The second-order valence-electron chi connectivity index (χ2n) is 5.77. The highest BCUT2D eigenvalue weighted by atomic mass is 16.7. The molecule has 108 valence electrons. The van der Waals surface area contributed by atoms with E-state index in [1.54, 1.807) is 26.8 Å². The molecule has 0 bridgehead atoms. The number of piperidine rings is 1. The zero-order chi connectivity index (χ0) is 14.5. The molecule has 0 aromatic heterocycles. The van der Waals surface area contributed by atoms with E-state index in [9.17, 15) is 9.59 Å². The van der Waals surface area contributed by atoms with Gasteiger partial charge in [0.1, 0.15) is 5.60 Å². The second kappa shape index (κ2) is 6.70. The smallest absolute Gasteiger partial charge is 0.428 e. The van der Waals surface area contributed by atoms with Gasteiger partial charge in [-0.05, 0) is 46.1 Å². The van der Waals surface area contributed by atoms with E-state index in [1.165, 1.54) is 0 Å². The summed E-state index contributed by atoms with van der Waals surface area (Å²) in [5, 5.41) is 3.14. The van der Waals surface area contributed by atoms with Crippen LogP contribution >= 0.6 is 0 Å². The number of carbonyl (C=O) groups excluding carboxylic acids is 2. The fourth-order valence-electron chi connectivity index (χ4n) is 2.11. The van der Waals surface area contributed by atoms with Crippen molar-refractivity contribution in [3.63, 3.8) is 0 Å². The zero-order valence-corrected chi connectivity index (χ0v) is 11.9. The van der Waals surface area contributed by atoms with Crippen molar-refractivity contribution < 1.29 is 19.1 Å². The molecule has 5 nitrogen and oxygen atoms in total. The van der Waals surface area contributed by atoms with Crippen LogP contribution in [0.4, 0.5) is 4.79 Å². The molecular weight excluding hydrogens is 246 g/mol. The van der Waals surface area contributed by atoms with Gasteiger partial charge in [0.2, 0.25) is 0 Å². The van der Waals surface area contributed by atoms with Crippen molar-refractivity contribution in [2.24, 2.45) is 11.8 Å². The van der Waals surface area contributed by atoms with Gasteiger partial charge >= 0.3 is 12.1 Å². The first kappa shape index (κ1) is 15.7. The van der Waals surface area contributed by atoms with Crippen molar-refractivity contribution in [3.05, 3.63) is 12.7 Å². The molecule has 1 N–H and O–H groups in total. The van der Waals surface area contributed by atoms with E-state index in [1.807, 2.05) is 0 Å². The molecule has 0 amide bonds. The lowest BCUT2D eigenvalue weighted by Crippen LogP contribution is -2.42. The predicted molar refractivity (Wildman–Crippen MR) is 71.6 cm³/mol. The number of nitrogens with one attached hydrogen (secondary N) is 1. The molecule has 19 heavy (non-hydrogen) atoms. The molecule has 0 spiro atoms. The third-order valence-corrected chi connectivity index (χ3v) is 2.97. The Kier molecular flexibility index (Phi) is 5.54. The van der Waals surface area contributed by atoms with Crippen LogP contribution in [0.2, 0.25) is 0 Å². The number of esters is 1. The summed E-state index contributed by atoms with van der Waals surface area (Å²) in [4.78, 5) is 23.5. The minimum absolute atomic E-state index is 0.175. The highest BCUT2D eigenvalue weighted by Crippen LogP contribution is 2.24. The van der Waals surface area contributed by atoms with Crippen molar-refractivity contribution in [1.82, 2.24) is 5.32 Å². The van der Waals surface area contributed by atoms with E-state index in [0.717, 1.165) is 19.4 Å². The third kappa shape index (κ3) is 5.42. The first-order chi connectivity index (χ1) is 8.83. The van der Waals surface area contributed by atoms with Crippen molar-refractivity contribution >= 4 is 12.1 Å². The van der Waals surface area contributed by atoms with Crippen LogP contribution in [0, 0.1) is 11.8 Å². The first-order valence-corrected chi connectivity index (χ1v) is 6.60. The fourth-order valence-corrected chi connectivity index (χ4v) is 2.11. The summed E-state index contributed by atoms with van der Waals surface area (Å²) >= 11 is 0. The van der Waals surface area contributed by atoms with Gasteiger partial charge in [-0.15, -0.1) is 6.58 Å². The fraction of sp³-hybridized carbons (Fsp3) is 0.714. The SMILES string of the molecule is C=CCC1CCNCC1C(=O)OC(=O)OC(C)(C)C. The van der Waals surface area contributed by atoms with Gasteiger partial charge in [-0.2, -0.15) is 0 Å². The molecule has 0 aromatic rings. The molecule has 2 unspecified atom stereocenters. The van der Waals surface area contributed by atoms with Crippen LogP contribution in [-0.4, -0.2) is 30.8 Å². The Balaban J connectivity index is 2.55. The second-order valence-corrected chi connectivity index (χ2v) is 5.77. The van der Waals surface area contributed by atoms with Crippen LogP contribution in [-0.2, 0) is 14.3 Å². The average molecular weight is 269 g/mol. The summed E-state index contributed by atoms with van der Waals surface area (Å²) in [7, 11) is 0. The van der Waals surface area contributed by atoms with Gasteiger partial charge in [0.05, 0.1) is 5.92 Å². The molecule has 1 fully saturated rings. The van der Waals surface area contributed by atoms with E-state index in [4.69, 9.17) is 9.47 Å². The topological polar surface area (TPSA) is 64.6 Å². The summed E-state index contributed by atoms with van der Waals surface area (Å²) in [5.41, 5.74) is -0.664. The number of carbonyl (C=O) groups is 2. The molecule has 1 heterocycles. The Hall–Kier alpha value is -1.36. The maximum absolute atomic E-state index is 12.0. The summed E-state index contributed by atoms with van der Waals surface area (Å²) in [6.45, 7) is 10.3. The largest absolute Gasteiger partial charge is 0.516 e. The quantitative estimate of drug-likeness (QED) is 0.483. The van der Waals surface area contributed by atoms with Crippen molar-refractivity contribution in [2.45, 2.75) is 39.2 Å².